The zero-order valence-electron chi connectivity index (χ0n) is 21.3. The van der Waals surface area contributed by atoms with E-state index >= 15 is 0 Å². The number of aromatic nitrogens is 1. The van der Waals surface area contributed by atoms with Crippen LogP contribution in [0.1, 0.15) is 19.4 Å². The average molecular weight is 483 g/mol. The minimum absolute atomic E-state index is 0.0319. The highest BCUT2D eigenvalue weighted by atomic mass is 16.5. The van der Waals surface area contributed by atoms with Gasteiger partial charge in [0.1, 0.15) is 5.75 Å². The van der Waals surface area contributed by atoms with E-state index in [0.29, 0.717) is 6.54 Å². The van der Waals surface area contributed by atoms with E-state index in [1.807, 2.05) is 48.7 Å². The van der Waals surface area contributed by atoms with Gasteiger partial charge in [0.2, 0.25) is 0 Å². The van der Waals surface area contributed by atoms with Gasteiger partial charge in [-0.3, -0.25) is 4.79 Å². The average Bonchev–Trinajstić information content (AvgIpc) is 2.87. The van der Waals surface area contributed by atoms with Crippen molar-refractivity contribution in [3.8, 4) is 5.75 Å². The molecule has 1 N–H and O–H groups in total. The monoisotopic (exact) mass is 482 g/mol. The van der Waals surface area contributed by atoms with E-state index in [-0.39, 0.29) is 11.7 Å². The lowest BCUT2D eigenvalue weighted by Gasteiger charge is -2.34. The van der Waals surface area contributed by atoms with Crippen molar-refractivity contribution < 1.29 is 4.74 Å². The van der Waals surface area contributed by atoms with Crippen LogP contribution in [0.4, 0.5) is 17.1 Å². The Labute approximate surface area is 212 Å². The highest BCUT2D eigenvalue weighted by Crippen LogP contribution is 2.26. The maximum Gasteiger partial charge on any atom is 0.251 e. The number of anilines is 3. The topological polar surface area (TPSA) is 49.7 Å². The molecule has 0 atom stereocenters. The van der Waals surface area contributed by atoms with Gasteiger partial charge in [0, 0.05) is 54.9 Å². The van der Waals surface area contributed by atoms with Crippen LogP contribution in [0.25, 0.3) is 10.9 Å². The second-order valence-corrected chi connectivity index (χ2v) is 9.77. The lowest BCUT2D eigenvalue weighted by molar-refractivity contribution is 0.239. The molecular weight excluding hydrogens is 448 g/mol. The Morgan fingerprint density at radius 3 is 2.31 bits per heavy atom. The molecule has 6 nitrogen and oxygen atoms in total. The van der Waals surface area contributed by atoms with Gasteiger partial charge in [0.05, 0.1) is 18.2 Å². The Kier molecular flexibility index (Phi) is 6.96. The number of para-hydroxylation sites is 1. The van der Waals surface area contributed by atoms with Gasteiger partial charge in [-0.1, -0.05) is 24.3 Å². The molecule has 1 saturated heterocycles. The summed E-state index contributed by atoms with van der Waals surface area (Å²) >= 11 is 0. The number of hydrogen-bond donors (Lipinski definition) is 1. The molecule has 0 spiro atoms. The normalized spacial score (nSPS) is 14.4. The third kappa shape index (κ3) is 5.39. The smallest absolute Gasteiger partial charge is 0.251 e. The molecule has 1 fully saturated rings. The lowest BCUT2D eigenvalue weighted by Crippen LogP contribution is -2.44. The minimum Gasteiger partial charge on any atom is -0.491 e. The van der Waals surface area contributed by atoms with Gasteiger partial charge < -0.3 is 24.4 Å². The summed E-state index contributed by atoms with van der Waals surface area (Å²) in [4.78, 5) is 17.7. The van der Waals surface area contributed by atoms with E-state index < -0.39 is 0 Å². The van der Waals surface area contributed by atoms with Gasteiger partial charge in [0.15, 0.2) is 0 Å². The van der Waals surface area contributed by atoms with Gasteiger partial charge in [-0.05, 0) is 74.8 Å². The van der Waals surface area contributed by atoms with Crippen molar-refractivity contribution in [3.05, 3.63) is 94.8 Å². The van der Waals surface area contributed by atoms with E-state index in [2.05, 4.69) is 64.6 Å². The first kappa shape index (κ1) is 23.9. The molecule has 0 bridgehead atoms. The molecular formula is C30H34N4O2. The van der Waals surface area contributed by atoms with Gasteiger partial charge in [0.25, 0.3) is 5.56 Å². The van der Waals surface area contributed by atoms with Crippen LogP contribution in [0.2, 0.25) is 0 Å². The number of fused-ring (bicyclic) bond motifs is 1. The number of nitrogens with zero attached hydrogens (tertiary/aromatic N) is 3. The summed E-state index contributed by atoms with van der Waals surface area (Å²) < 4.78 is 7.82. The molecule has 1 aromatic heterocycles. The predicted molar refractivity (Wildman–Crippen MR) is 149 cm³/mol. The van der Waals surface area contributed by atoms with Crippen LogP contribution >= 0.6 is 0 Å². The molecule has 0 radical (unpaired) electrons. The molecule has 36 heavy (non-hydrogen) atoms. The standard InChI is InChI=1S/C30H34N4O2/c1-22(2)36-29-7-5-4-6-24(29)21-34-28-20-26(10-8-23(28)9-15-30(34)35)31-25-11-13-27(14-12-25)33-18-16-32(3)17-19-33/h4-15,20,22,31H,16-19,21H2,1-3H3. The Hall–Kier alpha value is -3.77. The first-order valence-corrected chi connectivity index (χ1v) is 12.6. The zero-order chi connectivity index (χ0) is 25.1. The molecule has 2 heterocycles. The van der Waals surface area contributed by atoms with Crippen LogP contribution < -0.4 is 20.5 Å². The van der Waals surface area contributed by atoms with E-state index in [4.69, 9.17) is 4.74 Å². The summed E-state index contributed by atoms with van der Waals surface area (Å²) in [6.07, 6.45) is 0.0637. The third-order valence-corrected chi connectivity index (χ3v) is 6.68. The van der Waals surface area contributed by atoms with Crippen LogP contribution in [-0.4, -0.2) is 48.8 Å². The van der Waals surface area contributed by atoms with Gasteiger partial charge in [-0.25, -0.2) is 0 Å². The van der Waals surface area contributed by atoms with E-state index in [9.17, 15) is 4.79 Å². The molecule has 1 aliphatic heterocycles. The highest BCUT2D eigenvalue weighted by molar-refractivity contribution is 5.84. The zero-order valence-corrected chi connectivity index (χ0v) is 21.3. The van der Waals surface area contributed by atoms with E-state index in [0.717, 1.165) is 59.8 Å². The van der Waals surface area contributed by atoms with Crippen LogP contribution in [0.3, 0.4) is 0 Å². The van der Waals surface area contributed by atoms with Crippen molar-refractivity contribution >= 4 is 28.0 Å². The minimum atomic E-state index is -0.0319. The number of benzene rings is 3. The quantitative estimate of drug-likeness (QED) is 0.386. The second kappa shape index (κ2) is 10.5. The van der Waals surface area contributed by atoms with Crippen molar-refractivity contribution in [1.29, 1.82) is 0 Å². The van der Waals surface area contributed by atoms with Crippen molar-refractivity contribution in [2.24, 2.45) is 0 Å². The second-order valence-electron chi connectivity index (χ2n) is 9.77. The van der Waals surface area contributed by atoms with Crippen LogP contribution in [-0.2, 0) is 6.54 Å². The Bertz CT molecular complexity index is 1390. The largest absolute Gasteiger partial charge is 0.491 e. The summed E-state index contributed by atoms with van der Waals surface area (Å²) in [7, 11) is 2.17. The summed E-state index contributed by atoms with van der Waals surface area (Å²) in [5.41, 5.74) is 5.06. The van der Waals surface area contributed by atoms with Crippen LogP contribution in [0.5, 0.6) is 5.75 Å². The molecule has 186 valence electrons. The highest BCUT2D eigenvalue weighted by Gasteiger charge is 2.14. The van der Waals surface area contributed by atoms with Crippen LogP contribution in [0, 0.1) is 0 Å². The van der Waals surface area contributed by atoms with Gasteiger partial charge in [-0.2, -0.15) is 0 Å². The SMILES string of the molecule is CC(C)Oc1ccccc1Cn1c(=O)ccc2ccc(Nc3ccc(N4CCN(C)CC4)cc3)cc21. The molecule has 4 aromatic rings. The van der Waals surface area contributed by atoms with Crippen molar-refractivity contribution in [3.63, 3.8) is 0 Å². The summed E-state index contributed by atoms with van der Waals surface area (Å²) in [5.74, 6) is 0.811. The molecule has 0 unspecified atom stereocenters. The van der Waals surface area contributed by atoms with Gasteiger partial charge >= 0.3 is 0 Å². The van der Waals surface area contributed by atoms with Crippen molar-refractivity contribution in [2.75, 3.05) is 43.4 Å². The number of ether oxygens (including phenoxy) is 1. The molecule has 1 aliphatic rings. The van der Waals surface area contributed by atoms with E-state index in [1.165, 1.54) is 5.69 Å². The molecule has 0 aliphatic carbocycles. The fourth-order valence-corrected chi connectivity index (χ4v) is 4.69. The number of likely N-dealkylation sites (N-methyl/N-ethyl adjacent to an activating group) is 1. The Morgan fingerprint density at radius 1 is 0.861 bits per heavy atom. The lowest BCUT2D eigenvalue weighted by atomic mass is 10.1. The molecule has 6 heteroatoms. The number of piperazine rings is 1. The number of pyridine rings is 1. The molecule has 3 aromatic carbocycles. The Morgan fingerprint density at radius 2 is 1.56 bits per heavy atom. The van der Waals surface area contributed by atoms with E-state index in [1.54, 1.807) is 6.07 Å². The molecule has 0 amide bonds. The molecule has 5 rings (SSSR count). The first-order chi connectivity index (χ1) is 17.5. The van der Waals surface area contributed by atoms with Crippen LogP contribution in [0.15, 0.2) is 83.7 Å². The third-order valence-electron chi connectivity index (χ3n) is 6.68. The fraction of sp³-hybridized carbons (Fsp3) is 0.300. The van der Waals surface area contributed by atoms with Gasteiger partial charge in [-0.15, -0.1) is 0 Å². The number of rotatable bonds is 7. The molecule has 0 saturated carbocycles. The summed E-state index contributed by atoms with van der Waals surface area (Å²) in [6, 6.07) is 26.2. The maximum absolute atomic E-state index is 12.9. The van der Waals surface area contributed by atoms with Crippen molar-refractivity contribution in [2.45, 2.75) is 26.5 Å². The van der Waals surface area contributed by atoms with Crippen molar-refractivity contribution in [1.82, 2.24) is 9.47 Å². The number of hydrogen-bond acceptors (Lipinski definition) is 5. The maximum atomic E-state index is 12.9. The predicted octanol–water partition coefficient (Wildman–Crippen LogP) is 5.33. The summed E-state index contributed by atoms with van der Waals surface area (Å²) in [6.45, 7) is 8.75. The fourth-order valence-electron chi connectivity index (χ4n) is 4.69. The first-order valence-electron chi connectivity index (χ1n) is 12.6. The number of nitrogens with one attached hydrogen (secondary N) is 1. The summed E-state index contributed by atoms with van der Waals surface area (Å²) in [5, 5.41) is 4.54. The Balaban J connectivity index is 1.40.